The highest BCUT2D eigenvalue weighted by atomic mass is 16.5. The quantitative estimate of drug-likeness (QED) is 0.896. The molecule has 2 aliphatic rings. The van der Waals surface area contributed by atoms with E-state index in [0.717, 1.165) is 62.1 Å². The minimum Gasteiger partial charge on any atom is -0.360 e. The zero-order valence-corrected chi connectivity index (χ0v) is 15.4. The first-order valence-electron chi connectivity index (χ1n) is 9.08. The van der Waals surface area contributed by atoms with Crippen LogP contribution in [0.15, 0.2) is 10.6 Å². The van der Waals surface area contributed by atoms with Crippen LogP contribution in [0.4, 0.5) is 11.6 Å². The molecule has 1 aliphatic heterocycles. The first kappa shape index (κ1) is 17.0. The molecule has 4 rings (SSSR count). The number of nitrogens with zero attached hydrogens (tertiary/aromatic N) is 5. The molecule has 2 aromatic rings. The van der Waals surface area contributed by atoms with Crippen molar-refractivity contribution < 1.29 is 9.32 Å². The second-order valence-electron chi connectivity index (χ2n) is 7.20. The van der Waals surface area contributed by atoms with Crippen LogP contribution in [0.2, 0.25) is 0 Å². The van der Waals surface area contributed by atoms with Gasteiger partial charge in [0.25, 0.3) is 5.91 Å². The molecule has 1 N–H and O–H groups in total. The summed E-state index contributed by atoms with van der Waals surface area (Å²) in [5, 5.41) is 6.78. The summed E-state index contributed by atoms with van der Waals surface area (Å²) >= 11 is 0. The van der Waals surface area contributed by atoms with Gasteiger partial charge in [0, 0.05) is 38.2 Å². The SMILES string of the molecule is Cc1nc(N2CCN(C)CC2)nc(C)c1NC(=O)c1cc(C2CC2)on1. The molecule has 0 spiro atoms. The third kappa shape index (κ3) is 3.41. The molecule has 2 fully saturated rings. The molecular weight excluding hydrogens is 332 g/mol. The summed E-state index contributed by atoms with van der Waals surface area (Å²) in [6.45, 7) is 7.59. The van der Waals surface area contributed by atoms with Gasteiger partial charge in [-0.05, 0) is 33.7 Å². The van der Waals surface area contributed by atoms with Crippen LogP contribution < -0.4 is 10.2 Å². The molecule has 138 valence electrons. The number of carbonyl (C=O) groups is 1. The molecule has 2 aromatic heterocycles. The first-order chi connectivity index (χ1) is 12.5. The Hall–Kier alpha value is -2.48. The van der Waals surface area contributed by atoms with E-state index in [1.165, 1.54) is 0 Å². The smallest absolute Gasteiger partial charge is 0.277 e. The van der Waals surface area contributed by atoms with Crippen molar-refractivity contribution in [3.63, 3.8) is 0 Å². The average molecular weight is 356 g/mol. The number of amides is 1. The second-order valence-corrected chi connectivity index (χ2v) is 7.20. The fourth-order valence-corrected chi connectivity index (χ4v) is 3.16. The van der Waals surface area contributed by atoms with Gasteiger partial charge < -0.3 is 19.6 Å². The number of rotatable bonds is 4. The van der Waals surface area contributed by atoms with Crippen LogP contribution in [-0.2, 0) is 0 Å². The van der Waals surface area contributed by atoms with Crippen molar-refractivity contribution in [2.45, 2.75) is 32.6 Å². The molecule has 0 bridgehead atoms. The molecule has 1 saturated heterocycles. The predicted molar refractivity (Wildman–Crippen MR) is 97.6 cm³/mol. The number of carbonyl (C=O) groups excluding carboxylic acids is 1. The van der Waals surface area contributed by atoms with Crippen molar-refractivity contribution in [3.8, 4) is 0 Å². The maximum Gasteiger partial charge on any atom is 0.277 e. The van der Waals surface area contributed by atoms with Crippen LogP contribution in [0.5, 0.6) is 0 Å². The van der Waals surface area contributed by atoms with Crippen LogP contribution in [0.1, 0.15) is 46.4 Å². The van der Waals surface area contributed by atoms with E-state index >= 15 is 0 Å². The molecule has 1 amide bonds. The lowest BCUT2D eigenvalue weighted by atomic mass is 10.2. The molecule has 0 atom stereocenters. The zero-order valence-electron chi connectivity index (χ0n) is 15.4. The van der Waals surface area contributed by atoms with E-state index in [-0.39, 0.29) is 5.91 Å². The third-order valence-corrected chi connectivity index (χ3v) is 5.02. The lowest BCUT2D eigenvalue weighted by Gasteiger charge is -2.32. The number of likely N-dealkylation sites (N-methyl/N-ethyl adjacent to an activating group) is 1. The van der Waals surface area contributed by atoms with E-state index < -0.39 is 0 Å². The molecule has 0 aromatic carbocycles. The molecule has 26 heavy (non-hydrogen) atoms. The molecule has 8 nitrogen and oxygen atoms in total. The van der Waals surface area contributed by atoms with Crippen LogP contribution >= 0.6 is 0 Å². The predicted octanol–water partition coefficient (Wildman–Crippen LogP) is 1.96. The maximum atomic E-state index is 12.5. The molecule has 1 saturated carbocycles. The summed E-state index contributed by atoms with van der Waals surface area (Å²) in [7, 11) is 2.12. The minimum absolute atomic E-state index is 0.289. The maximum absolute atomic E-state index is 12.5. The third-order valence-electron chi connectivity index (χ3n) is 5.02. The Balaban J connectivity index is 1.50. The normalized spacial score (nSPS) is 18.2. The monoisotopic (exact) mass is 356 g/mol. The lowest BCUT2D eigenvalue weighted by Crippen LogP contribution is -2.45. The first-order valence-corrected chi connectivity index (χ1v) is 9.08. The number of piperazine rings is 1. The standard InChI is InChI=1S/C18H24N6O2/c1-11-16(21-17(25)14-10-15(26-22-14)13-4-5-13)12(2)20-18(19-11)24-8-6-23(3)7-9-24/h10,13H,4-9H2,1-3H3,(H,21,25). The molecule has 8 heteroatoms. The van der Waals surface area contributed by atoms with E-state index in [1.807, 2.05) is 13.8 Å². The summed E-state index contributed by atoms with van der Waals surface area (Å²) < 4.78 is 5.26. The van der Waals surface area contributed by atoms with Crippen LogP contribution in [0, 0.1) is 13.8 Å². The Kier molecular flexibility index (Phi) is 4.36. The molecule has 0 radical (unpaired) electrons. The number of anilines is 2. The van der Waals surface area contributed by atoms with Gasteiger partial charge in [-0.25, -0.2) is 9.97 Å². The topological polar surface area (TPSA) is 87.4 Å². The average Bonchev–Trinajstić information content (AvgIpc) is 3.35. The van der Waals surface area contributed by atoms with Crippen LogP contribution in [-0.4, -0.2) is 59.2 Å². The molecule has 0 unspecified atom stereocenters. The largest absolute Gasteiger partial charge is 0.360 e. The molecule has 3 heterocycles. The van der Waals surface area contributed by atoms with Crippen molar-refractivity contribution in [2.24, 2.45) is 0 Å². The highest BCUT2D eigenvalue weighted by Gasteiger charge is 2.29. The second kappa shape index (κ2) is 6.68. The van der Waals surface area contributed by atoms with Gasteiger partial charge in [-0.3, -0.25) is 4.79 Å². The summed E-state index contributed by atoms with van der Waals surface area (Å²) in [5.74, 6) is 1.66. The van der Waals surface area contributed by atoms with Gasteiger partial charge in [0.2, 0.25) is 5.95 Å². The van der Waals surface area contributed by atoms with Crippen molar-refractivity contribution in [2.75, 3.05) is 43.4 Å². The fourth-order valence-electron chi connectivity index (χ4n) is 3.16. The summed E-state index contributed by atoms with van der Waals surface area (Å²) in [5.41, 5.74) is 2.45. The van der Waals surface area contributed by atoms with E-state index in [9.17, 15) is 4.79 Å². The number of hydrogen-bond acceptors (Lipinski definition) is 7. The number of aryl methyl sites for hydroxylation is 2. The Bertz CT molecular complexity index is 798. The Morgan fingerprint density at radius 1 is 1.15 bits per heavy atom. The van der Waals surface area contributed by atoms with E-state index in [0.29, 0.717) is 17.3 Å². The fraction of sp³-hybridized carbons (Fsp3) is 0.556. The summed E-state index contributed by atoms with van der Waals surface area (Å²) in [6.07, 6.45) is 2.21. The Morgan fingerprint density at radius 2 is 1.81 bits per heavy atom. The van der Waals surface area contributed by atoms with Crippen molar-refractivity contribution in [1.29, 1.82) is 0 Å². The van der Waals surface area contributed by atoms with Crippen molar-refractivity contribution >= 4 is 17.5 Å². The van der Waals surface area contributed by atoms with E-state index in [2.05, 4.69) is 37.3 Å². The van der Waals surface area contributed by atoms with Gasteiger partial charge in [0.1, 0.15) is 5.76 Å². The summed E-state index contributed by atoms with van der Waals surface area (Å²) in [6, 6.07) is 1.73. The van der Waals surface area contributed by atoms with Crippen LogP contribution in [0.3, 0.4) is 0 Å². The molecule has 1 aliphatic carbocycles. The number of nitrogens with one attached hydrogen (secondary N) is 1. The van der Waals surface area contributed by atoms with E-state index in [1.54, 1.807) is 6.07 Å². The van der Waals surface area contributed by atoms with E-state index in [4.69, 9.17) is 4.52 Å². The number of hydrogen-bond donors (Lipinski definition) is 1. The van der Waals surface area contributed by atoms with Gasteiger partial charge in [-0.1, -0.05) is 5.16 Å². The lowest BCUT2D eigenvalue weighted by molar-refractivity contribution is 0.101. The van der Waals surface area contributed by atoms with Gasteiger partial charge in [0.15, 0.2) is 5.69 Å². The highest BCUT2D eigenvalue weighted by Crippen LogP contribution is 2.40. The highest BCUT2D eigenvalue weighted by molar-refractivity contribution is 6.03. The minimum atomic E-state index is -0.289. The van der Waals surface area contributed by atoms with Gasteiger partial charge >= 0.3 is 0 Å². The van der Waals surface area contributed by atoms with Crippen molar-refractivity contribution in [1.82, 2.24) is 20.0 Å². The van der Waals surface area contributed by atoms with Gasteiger partial charge in [-0.2, -0.15) is 0 Å². The zero-order chi connectivity index (χ0) is 18.3. The van der Waals surface area contributed by atoms with Gasteiger partial charge in [0.05, 0.1) is 17.1 Å². The Morgan fingerprint density at radius 3 is 2.42 bits per heavy atom. The van der Waals surface area contributed by atoms with Crippen LogP contribution in [0.25, 0.3) is 0 Å². The number of aromatic nitrogens is 3. The Labute approximate surface area is 152 Å². The molecular formula is C18H24N6O2. The van der Waals surface area contributed by atoms with Gasteiger partial charge in [-0.15, -0.1) is 0 Å². The summed E-state index contributed by atoms with van der Waals surface area (Å²) in [4.78, 5) is 26.2. The van der Waals surface area contributed by atoms with Crippen molar-refractivity contribution in [3.05, 3.63) is 28.9 Å².